The summed E-state index contributed by atoms with van der Waals surface area (Å²) in [4.78, 5) is 4.20. The van der Waals surface area contributed by atoms with Crippen LogP contribution in [-0.2, 0) is 0 Å². The van der Waals surface area contributed by atoms with Crippen LogP contribution in [0.4, 0.5) is 0 Å². The van der Waals surface area contributed by atoms with E-state index in [0.29, 0.717) is 0 Å². The molecule has 0 rings (SSSR count). The van der Waals surface area contributed by atoms with Crippen molar-refractivity contribution in [3.63, 3.8) is 0 Å². The van der Waals surface area contributed by atoms with Crippen LogP contribution < -0.4 is 5.32 Å². The fraction of sp³-hybridized carbons (Fsp3) is 0.500. The first-order chi connectivity index (χ1) is 5.67. The summed E-state index contributed by atoms with van der Waals surface area (Å²) in [5.74, 6) is 0. The molecule has 0 aromatic rings. The molecule has 0 saturated carbocycles. The van der Waals surface area contributed by atoms with Gasteiger partial charge in [-0.05, 0) is 25.8 Å². The Balaban J connectivity index is 4.72. The predicted octanol–water partition coefficient (Wildman–Crippen LogP) is 2.49. The zero-order valence-electron chi connectivity index (χ0n) is 8.44. The minimum atomic E-state index is 0.951. The third-order valence-corrected chi connectivity index (χ3v) is 1.71. The van der Waals surface area contributed by atoms with Crippen molar-refractivity contribution >= 4 is 6.21 Å². The van der Waals surface area contributed by atoms with Gasteiger partial charge in [-0.1, -0.05) is 13.5 Å². The lowest BCUT2D eigenvalue weighted by molar-refractivity contribution is 0.926. The lowest BCUT2D eigenvalue weighted by atomic mass is 10.1. The SMILES string of the molecule is C=C(CC)/C(NC)=C(\C)N=CC. The second kappa shape index (κ2) is 5.58. The van der Waals surface area contributed by atoms with Crippen LogP contribution in [0.5, 0.6) is 0 Å². The summed E-state index contributed by atoms with van der Waals surface area (Å²) in [7, 11) is 1.89. The number of hydrogen-bond acceptors (Lipinski definition) is 2. The van der Waals surface area contributed by atoms with Gasteiger partial charge in [-0.15, -0.1) is 0 Å². The van der Waals surface area contributed by atoms with Gasteiger partial charge < -0.3 is 5.32 Å². The molecule has 0 aromatic carbocycles. The smallest absolute Gasteiger partial charge is 0.0602 e. The quantitative estimate of drug-likeness (QED) is 0.503. The summed E-state index contributed by atoms with van der Waals surface area (Å²) < 4.78 is 0. The Morgan fingerprint density at radius 1 is 1.58 bits per heavy atom. The van der Waals surface area contributed by atoms with Gasteiger partial charge in [0.1, 0.15) is 0 Å². The number of rotatable bonds is 4. The second-order valence-corrected chi connectivity index (χ2v) is 2.55. The average Bonchev–Trinajstić information content (AvgIpc) is 2.06. The van der Waals surface area contributed by atoms with Crippen LogP contribution in [0.3, 0.4) is 0 Å². The number of hydrogen-bond donors (Lipinski definition) is 1. The number of nitrogens with one attached hydrogen (secondary N) is 1. The molecule has 0 aliphatic rings. The van der Waals surface area contributed by atoms with E-state index in [1.807, 2.05) is 20.9 Å². The van der Waals surface area contributed by atoms with Gasteiger partial charge in [0.25, 0.3) is 0 Å². The van der Waals surface area contributed by atoms with Crippen LogP contribution in [-0.4, -0.2) is 13.3 Å². The maximum atomic E-state index is 4.20. The first kappa shape index (κ1) is 11.0. The van der Waals surface area contributed by atoms with Crippen molar-refractivity contribution in [1.29, 1.82) is 0 Å². The number of nitrogens with zero attached hydrogens (tertiary/aromatic N) is 1. The van der Waals surface area contributed by atoms with Gasteiger partial charge in [-0.2, -0.15) is 0 Å². The Morgan fingerprint density at radius 2 is 2.17 bits per heavy atom. The van der Waals surface area contributed by atoms with Crippen LogP contribution in [0.1, 0.15) is 27.2 Å². The highest BCUT2D eigenvalue weighted by molar-refractivity contribution is 5.55. The number of likely N-dealkylation sites (N-methyl/N-ethyl adjacent to an activating group) is 1. The standard InChI is InChI=1S/C10H18N2/c1-6-8(3)10(11-5)9(4)12-7-2/h7,11H,3,6H2,1-2,4-5H3/b10-9-,12-7?. The molecule has 0 radical (unpaired) electrons. The van der Waals surface area contributed by atoms with E-state index in [4.69, 9.17) is 0 Å². The molecule has 12 heavy (non-hydrogen) atoms. The third kappa shape index (κ3) is 2.91. The van der Waals surface area contributed by atoms with Gasteiger partial charge in [0.05, 0.1) is 11.4 Å². The molecule has 0 fully saturated rings. The molecule has 2 heteroatoms. The zero-order chi connectivity index (χ0) is 9.56. The Hall–Kier alpha value is -1.05. The highest BCUT2D eigenvalue weighted by Crippen LogP contribution is 2.13. The monoisotopic (exact) mass is 166 g/mol. The van der Waals surface area contributed by atoms with E-state index in [1.54, 1.807) is 6.21 Å². The summed E-state index contributed by atoms with van der Waals surface area (Å²) in [5.41, 5.74) is 3.14. The maximum absolute atomic E-state index is 4.20. The van der Waals surface area contributed by atoms with Gasteiger partial charge in [0.15, 0.2) is 0 Å². The topological polar surface area (TPSA) is 24.4 Å². The minimum Gasteiger partial charge on any atom is -0.386 e. The maximum Gasteiger partial charge on any atom is 0.0602 e. The highest BCUT2D eigenvalue weighted by Gasteiger charge is 2.01. The minimum absolute atomic E-state index is 0.951. The summed E-state index contributed by atoms with van der Waals surface area (Å²) in [6.07, 6.45) is 2.74. The van der Waals surface area contributed by atoms with Gasteiger partial charge in [-0.3, -0.25) is 4.99 Å². The molecule has 0 aromatic heterocycles. The summed E-state index contributed by atoms with van der Waals surface area (Å²) in [5, 5.41) is 3.10. The van der Waals surface area contributed by atoms with E-state index in [2.05, 4.69) is 23.8 Å². The Bertz CT molecular complexity index is 212. The molecule has 0 bridgehead atoms. The molecule has 68 valence electrons. The van der Waals surface area contributed by atoms with Gasteiger partial charge in [0, 0.05) is 13.3 Å². The molecule has 1 N–H and O–H groups in total. The van der Waals surface area contributed by atoms with Gasteiger partial charge >= 0.3 is 0 Å². The fourth-order valence-corrected chi connectivity index (χ4v) is 1.05. The molecular weight excluding hydrogens is 148 g/mol. The fourth-order valence-electron chi connectivity index (χ4n) is 1.05. The van der Waals surface area contributed by atoms with Crippen LogP contribution >= 0.6 is 0 Å². The summed E-state index contributed by atoms with van der Waals surface area (Å²) in [6, 6.07) is 0. The first-order valence-electron chi connectivity index (χ1n) is 4.22. The lowest BCUT2D eigenvalue weighted by Crippen LogP contribution is -2.09. The lowest BCUT2D eigenvalue weighted by Gasteiger charge is -2.09. The van der Waals surface area contributed by atoms with Crippen molar-refractivity contribution in [3.8, 4) is 0 Å². The molecule has 0 heterocycles. The summed E-state index contributed by atoms with van der Waals surface area (Å²) >= 11 is 0. The van der Waals surface area contributed by atoms with Crippen LogP contribution in [0.15, 0.2) is 28.5 Å². The molecule has 0 spiro atoms. The van der Waals surface area contributed by atoms with E-state index in [1.165, 1.54) is 0 Å². The molecule has 0 aliphatic heterocycles. The molecule has 2 nitrogen and oxygen atoms in total. The molecule has 0 atom stereocenters. The van der Waals surface area contributed by atoms with E-state index in [-0.39, 0.29) is 0 Å². The van der Waals surface area contributed by atoms with Crippen molar-refractivity contribution in [2.75, 3.05) is 7.05 Å². The van der Waals surface area contributed by atoms with Crippen molar-refractivity contribution in [2.45, 2.75) is 27.2 Å². The molecular formula is C10H18N2. The first-order valence-corrected chi connectivity index (χ1v) is 4.22. The Kier molecular flexibility index (Phi) is 5.09. The summed E-state index contributed by atoms with van der Waals surface area (Å²) in [6.45, 7) is 9.93. The van der Waals surface area contributed by atoms with E-state index < -0.39 is 0 Å². The molecule has 0 unspecified atom stereocenters. The van der Waals surface area contributed by atoms with E-state index in [9.17, 15) is 0 Å². The van der Waals surface area contributed by atoms with Gasteiger partial charge in [0.2, 0.25) is 0 Å². The normalized spacial score (nSPS) is 13.0. The van der Waals surface area contributed by atoms with Crippen LogP contribution in [0.2, 0.25) is 0 Å². The number of allylic oxidation sites excluding steroid dienone is 2. The predicted molar refractivity (Wildman–Crippen MR) is 55.4 cm³/mol. The van der Waals surface area contributed by atoms with Crippen molar-refractivity contribution in [1.82, 2.24) is 5.32 Å². The Labute approximate surface area is 75.1 Å². The van der Waals surface area contributed by atoms with E-state index >= 15 is 0 Å². The van der Waals surface area contributed by atoms with Crippen molar-refractivity contribution < 1.29 is 0 Å². The number of aliphatic imine (C=N–C) groups is 1. The van der Waals surface area contributed by atoms with Crippen molar-refractivity contribution in [3.05, 3.63) is 23.5 Å². The second-order valence-electron chi connectivity index (χ2n) is 2.55. The van der Waals surface area contributed by atoms with E-state index in [0.717, 1.165) is 23.4 Å². The molecule has 0 amide bonds. The molecule has 0 aliphatic carbocycles. The van der Waals surface area contributed by atoms with Crippen LogP contribution in [0, 0.1) is 0 Å². The zero-order valence-corrected chi connectivity index (χ0v) is 8.44. The molecule has 0 saturated heterocycles. The average molecular weight is 166 g/mol. The van der Waals surface area contributed by atoms with Crippen molar-refractivity contribution in [2.24, 2.45) is 4.99 Å². The highest BCUT2D eigenvalue weighted by atomic mass is 14.9. The van der Waals surface area contributed by atoms with Gasteiger partial charge in [-0.25, -0.2) is 0 Å². The largest absolute Gasteiger partial charge is 0.386 e. The third-order valence-electron chi connectivity index (χ3n) is 1.71. The van der Waals surface area contributed by atoms with Crippen LogP contribution in [0.25, 0.3) is 0 Å². The Morgan fingerprint density at radius 3 is 2.50 bits per heavy atom.